The lowest BCUT2D eigenvalue weighted by molar-refractivity contribution is -0.134. The Balaban J connectivity index is 1.80. The van der Waals surface area contributed by atoms with Crippen molar-refractivity contribution in [2.45, 2.75) is 62.9 Å². The second-order valence-corrected chi connectivity index (χ2v) is 8.21. The average Bonchev–Trinajstić information content (AvgIpc) is 3.15. The van der Waals surface area contributed by atoms with E-state index in [0.29, 0.717) is 16.9 Å². The molecule has 1 aromatic carbocycles. The molecule has 0 aliphatic carbocycles. The van der Waals surface area contributed by atoms with Crippen molar-refractivity contribution >= 4 is 17.7 Å². The van der Waals surface area contributed by atoms with Gasteiger partial charge in [0.25, 0.3) is 0 Å². The Morgan fingerprint density at radius 1 is 1.41 bits per heavy atom. The highest BCUT2D eigenvalue weighted by Gasteiger charge is 2.30. The summed E-state index contributed by atoms with van der Waals surface area (Å²) in [6.07, 6.45) is 4.38. The minimum Gasteiger partial charge on any atom is -0.494 e. The maximum atomic E-state index is 13.0. The molecule has 2 atom stereocenters. The van der Waals surface area contributed by atoms with E-state index in [4.69, 9.17) is 4.74 Å². The Bertz CT molecular complexity index is 794. The Kier molecular flexibility index (Phi) is 6.36. The summed E-state index contributed by atoms with van der Waals surface area (Å²) < 4.78 is 7.10. The molecule has 0 radical (unpaired) electrons. The number of likely N-dealkylation sites (tertiary alicyclic amines) is 1. The van der Waals surface area contributed by atoms with E-state index in [-0.39, 0.29) is 11.2 Å². The van der Waals surface area contributed by atoms with Crippen molar-refractivity contribution < 1.29 is 9.53 Å². The van der Waals surface area contributed by atoms with Crippen LogP contribution in [0.5, 0.6) is 5.75 Å². The van der Waals surface area contributed by atoms with E-state index in [1.165, 1.54) is 18.2 Å². The van der Waals surface area contributed by atoms with Gasteiger partial charge in [0.1, 0.15) is 11.4 Å². The van der Waals surface area contributed by atoms with Crippen LogP contribution >= 0.6 is 11.8 Å². The van der Waals surface area contributed by atoms with Crippen LogP contribution in [-0.4, -0.2) is 56.0 Å². The number of carbonyl (C=O) groups is 1. The zero-order valence-electron chi connectivity index (χ0n) is 16.4. The number of piperidine rings is 1. The molecule has 1 aliphatic rings. The molecule has 1 amide bonds. The Hall–Kier alpha value is -2.09. The van der Waals surface area contributed by atoms with Crippen molar-refractivity contribution in [1.82, 2.24) is 25.1 Å². The molecule has 0 spiro atoms. The highest BCUT2D eigenvalue weighted by molar-refractivity contribution is 8.00. The fourth-order valence-corrected chi connectivity index (χ4v) is 4.40. The standard InChI is InChI=1S/C19H27N5O2S/c1-5-15-8-6-7-11-23(15)18(25)14(3)27-19-20-21-22-24(19)16-12-13(2)9-10-17(16)26-4/h9-10,12,14-15H,5-8,11H2,1-4H3/t14-,15+/m1/s1. The van der Waals surface area contributed by atoms with Crippen molar-refractivity contribution in [3.8, 4) is 11.4 Å². The highest BCUT2D eigenvalue weighted by Crippen LogP contribution is 2.30. The lowest BCUT2D eigenvalue weighted by Gasteiger charge is -2.36. The van der Waals surface area contributed by atoms with Crippen molar-refractivity contribution in [3.63, 3.8) is 0 Å². The molecule has 7 nitrogen and oxygen atoms in total. The molecule has 1 aromatic heterocycles. The van der Waals surface area contributed by atoms with Gasteiger partial charge in [-0.1, -0.05) is 24.8 Å². The molecule has 8 heteroatoms. The van der Waals surface area contributed by atoms with Gasteiger partial charge in [-0.15, -0.1) is 5.10 Å². The van der Waals surface area contributed by atoms with Crippen molar-refractivity contribution in [3.05, 3.63) is 23.8 Å². The number of aromatic nitrogens is 4. The van der Waals surface area contributed by atoms with Crippen molar-refractivity contribution in [2.75, 3.05) is 13.7 Å². The first-order valence-corrected chi connectivity index (χ1v) is 10.3. The van der Waals surface area contributed by atoms with Crippen LogP contribution in [0.25, 0.3) is 5.69 Å². The number of thioether (sulfide) groups is 1. The number of tetrazole rings is 1. The molecule has 1 fully saturated rings. The third-order valence-corrected chi connectivity index (χ3v) is 6.04. The number of methoxy groups -OCH3 is 1. The average molecular weight is 390 g/mol. The summed E-state index contributed by atoms with van der Waals surface area (Å²) in [4.78, 5) is 15.1. The van der Waals surface area contributed by atoms with Gasteiger partial charge >= 0.3 is 0 Å². The van der Waals surface area contributed by atoms with Gasteiger partial charge in [0, 0.05) is 12.6 Å². The SMILES string of the molecule is CC[C@H]1CCCCN1C(=O)[C@@H](C)Sc1nnnn1-c1cc(C)ccc1OC. The van der Waals surface area contributed by atoms with Crippen molar-refractivity contribution in [2.24, 2.45) is 0 Å². The molecule has 1 aliphatic heterocycles. The van der Waals surface area contributed by atoms with Crippen LogP contribution in [-0.2, 0) is 4.79 Å². The van der Waals surface area contributed by atoms with Gasteiger partial charge in [0.15, 0.2) is 0 Å². The van der Waals surface area contributed by atoms with Crippen molar-refractivity contribution in [1.29, 1.82) is 0 Å². The van der Waals surface area contributed by atoms with Gasteiger partial charge < -0.3 is 9.64 Å². The minimum absolute atomic E-state index is 0.164. The van der Waals surface area contributed by atoms with E-state index >= 15 is 0 Å². The summed E-state index contributed by atoms with van der Waals surface area (Å²) in [5, 5.41) is 12.4. The smallest absolute Gasteiger partial charge is 0.236 e. The molecule has 0 bridgehead atoms. The van der Waals surface area contributed by atoms with Crippen LogP contribution in [0.1, 0.15) is 45.1 Å². The summed E-state index contributed by atoms with van der Waals surface area (Å²) in [5.74, 6) is 0.855. The van der Waals surface area contributed by atoms with E-state index in [9.17, 15) is 4.79 Å². The van der Waals surface area contributed by atoms with Crippen LogP contribution in [0.3, 0.4) is 0 Å². The first kappa shape index (κ1) is 19.7. The van der Waals surface area contributed by atoms with E-state index in [1.54, 1.807) is 11.8 Å². The lowest BCUT2D eigenvalue weighted by Crippen LogP contribution is -2.46. The molecule has 2 aromatic rings. The summed E-state index contributed by atoms with van der Waals surface area (Å²) in [5.41, 5.74) is 1.86. The number of benzene rings is 1. The second kappa shape index (κ2) is 8.73. The Labute approximate surface area is 164 Å². The summed E-state index contributed by atoms with van der Waals surface area (Å²) in [7, 11) is 1.62. The molecule has 0 unspecified atom stereocenters. The predicted octanol–water partition coefficient (Wildman–Crippen LogP) is 3.25. The number of aryl methyl sites for hydroxylation is 1. The largest absolute Gasteiger partial charge is 0.494 e. The third kappa shape index (κ3) is 4.26. The van der Waals surface area contributed by atoms with Gasteiger partial charge in [-0.3, -0.25) is 4.79 Å². The highest BCUT2D eigenvalue weighted by atomic mass is 32.2. The molecule has 2 heterocycles. The van der Waals surface area contributed by atoms with Gasteiger partial charge in [-0.25, -0.2) is 0 Å². The zero-order valence-corrected chi connectivity index (χ0v) is 17.2. The Morgan fingerprint density at radius 3 is 2.96 bits per heavy atom. The Morgan fingerprint density at radius 2 is 2.22 bits per heavy atom. The first-order chi connectivity index (χ1) is 13.0. The number of hydrogen-bond donors (Lipinski definition) is 0. The number of amides is 1. The maximum Gasteiger partial charge on any atom is 0.236 e. The predicted molar refractivity (Wildman–Crippen MR) is 105 cm³/mol. The van der Waals surface area contributed by atoms with Crippen LogP contribution in [0.2, 0.25) is 0 Å². The van der Waals surface area contributed by atoms with Crippen LogP contribution in [0.15, 0.2) is 23.4 Å². The molecule has 27 heavy (non-hydrogen) atoms. The lowest BCUT2D eigenvalue weighted by atomic mass is 10.00. The summed E-state index contributed by atoms with van der Waals surface area (Å²) >= 11 is 1.39. The molecule has 3 rings (SSSR count). The number of hydrogen-bond acceptors (Lipinski definition) is 6. The quantitative estimate of drug-likeness (QED) is 0.706. The van der Waals surface area contributed by atoms with Gasteiger partial charge in [0.05, 0.1) is 12.4 Å². The number of rotatable bonds is 6. The molecule has 0 N–H and O–H groups in total. The summed E-state index contributed by atoms with van der Waals surface area (Å²) in [6.45, 7) is 6.94. The van der Waals surface area contributed by atoms with Gasteiger partial charge in [-0.2, -0.15) is 4.68 Å². The van der Waals surface area contributed by atoms with Crippen LogP contribution in [0, 0.1) is 6.92 Å². The molecular formula is C19H27N5O2S. The second-order valence-electron chi connectivity index (χ2n) is 6.90. The fourth-order valence-electron chi connectivity index (χ4n) is 3.53. The molecule has 0 saturated carbocycles. The van der Waals surface area contributed by atoms with Crippen LogP contribution < -0.4 is 4.74 Å². The monoisotopic (exact) mass is 389 g/mol. The van der Waals surface area contributed by atoms with E-state index < -0.39 is 0 Å². The molecule has 146 valence electrons. The van der Waals surface area contributed by atoms with Crippen LogP contribution in [0.4, 0.5) is 0 Å². The topological polar surface area (TPSA) is 73.1 Å². The van der Waals surface area contributed by atoms with Gasteiger partial charge in [-0.05, 0) is 67.7 Å². The fraction of sp³-hybridized carbons (Fsp3) is 0.579. The first-order valence-electron chi connectivity index (χ1n) is 9.45. The maximum absolute atomic E-state index is 13.0. The van der Waals surface area contributed by atoms with E-state index in [2.05, 4.69) is 22.4 Å². The third-order valence-electron chi connectivity index (χ3n) is 5.01. The zero-order chi connectivity index (χ0) is 19.4. The number of ether oxygens (including phenoxy) is 1. The molecular weight excluding hydrogens is 362 g/mol. The number of nitrogens with zero attached hydrogens (tertiary/aromatic N) is 5. The molecule has 1 saturated heterocycles. The normalized spacial score (nSPS) is 18.4. The minimum atomic E-state index is -0.252. The summed E-state index contributed by atoms with van der Waals surface area (Å²) in [6, 6.07) is 6.20. The van der Waals surface area contributed by atoms with E-state index in [0.717, 1.165) is 37.1 Å². The number of carbonyl (C=O) groups excluding carboxylic acids is 1. The van der Waals surface area contributed by atoms with Gasteiger partial charge in [0.2, 0.25) is 11.1 Å². The van der Waals surface area contributed by atoms with E-state index in [1.807, 2.05) is 36.9 Å².